The van der Waals surface area contributed by atoms with Gasteiger partial charge in [0.2, 0.25) is 0 Å². The zero-order valence-corrected chi connectivity index (χ0v) is 16.0. The summed E-state index contributed by atoms with van der Waals surface area (Å²) in [5.41, 5.74) is 0.807. The number of nitrogens with one attached hydrogen (secondary N) is 2. The summed E-state index contributed by atoms with van der Waals surface area (Å²) in [7, 11) is 1.72. The third-order valence-electron chi connectivity index (χ3n) is 5.99. The zero-order chi connectivity index (χ0) is 18.7. The second kappa shape index (κ2) is 7.75. The van der Waals surface area contributed by atoms with Crippen molar-refractivity contribution in [2.45, 2.75) is 64.2 Å². The van der Waals surface area contributed by atoms with Gasteiger partial charge in [0.05, 0.1) is 11.7 Å². The minimum absolute atomic E-state index is 0.0874. The Labute approximate surface area is 151 Å². The standard InChI is InChI=1S/C20H32N2O3/c1-14(23)11-16(15-9-7-6-8-10-15)13-21-18(24)22-17-12-20(4,25-5)19(17,2)3/h6-10,14,16-17,23H,11-13H2,1-5H3,(H2,21,22,24). The molecule has 1 aliphatic rings. The molecule has 0 heterocycles. The molecule has 0 saturated heterocycles. The molecule has 4 unspecified atom stereocenters. The van der Waals surface area contributed by atoms with Crippen LogP contribution in [0.25, 0.3) is 0 Å². The van der Waals surface area contributed by atoms with Crippen LogP contribution in [0.15, 0.2) is 30.3 Å². The van der Waals surface area contributed by atoms with E-state index in [2.05, 4.69) is 31.4 Å². The molecule has 1 aliphatic carbocycles. The third kappa shape index (κ3) is 4.33. The highest BCUT2D eigenvalue weighted by atomic mass is 16.5. The van der Waals surface area contributed by atoms with Crippen LogP contribution in [0.4, 0.5) is 4.79 Å². The predicted molar refractivity (Wildman–Crippen MR) is 99.6 cm³/mol. The Balaban J connectivity index is 1.90. The highest BCUT2D eigenvalue weighted by Gasteiger charge is 2.58. The molecule has 1 saturated carbocycles. The van der Waals surface area contributed by atoms with Gasteiger partial charge in [0.1, 0.15) is 0 Å². The molecule has 1 aromatic rings. The van der Waals surface area contributed by atoms with Gasteiger partial charge < -0.3 is 20.5 Å². The van der Waals surface area contributed by atoms with Gasteiger partial charge in [-0.1, -0.05) is 44.2 Å². The van der Waals surface area contributed by atoms with E-state index in [9.17, 15) is 9.90 Å². The molecule has 0 aliphatic heterocycles. The molecule has 3 N–H and O–H groups in total. The van der Waals surface area contributed by atoms with Gasteiger partial charge in [0, 0.05) is 31.0 Å². The van der Waals surface area contributed by atoms with Crippen molar-refractivity contribution in [3.8, 4) is 0 Å². The highest BCUT2D eigenvalue weighted by Crippen LogP contribution is 2.51. The van der Waals surface area contributed by atoms with Gasteiger partial charge in [-0.25, -0.2) is 4.79 Å². The Bertz CT molecular complexity index is 574. The van der Waals surface area contributed by atoms with E-state index in [1.165, 1.54) is 0 Å². The molecular formula is C20H32N2O3. The van der Waals surface area contributed by atoms with Crippen LogP contribution >= 0.6 is 0 Å². The number of methoxy groups -OCH3 is 1. The molecule has 2 amide bonds. The second-order valence-corrected chi connectivity index (χ2v) is 7.96. The number of hydrogen-bond acceptors (Lipinski definition) is 3. The van der Waals surface area contributed by atoms with Gasteiger partial charge >= 0.3 is 6.03 Å². The van der Waals surface area contributed by atoms with Crippen molar-refractivity contribution < 1.29 is 14.6 Å². The SMILES string of the molecule is COC1(C)CC(NC(=O)NCC(CC(C)O)c2ccccc2)C1(C)C. The lowest BCUT2D eigenvalue weighted by molar-refractivity contribution is -0.177. The topological polar surface area (TPSA) is 70.6 Å². The number of carbonyl (C=O) groups excluding carboxylic acids is 1. The Morgan fingerprint density at radius 3 is 2.48 bits per heavy atom. The van der Waals surface area contributed by atoms with Crippen LogP contribution < -0.4 is 10.6 Å². The van der Waals surface area contributed by atoms with E-state index in [4.69, 9.17) is 4.74 Å². The van der Waals surface area contributed by atoms with Crippen molar-refractivity contribution in [1.29, 1.82) is 0 Å². The summed E-state index contributed by atoms with van der Waals surface area (Å²) in [4.78, 5) is 12.3. The molecule has 4 atom stereocenters. The van der Waals surface area contributed by atoms with Crippen LogP contribution in [0.2, 0.25) is 0 Å². The van der Waals surface area contributed by atoms with Crippen LogP contribution in [-0.4, -0.2) is 42.5 Å². The molecular weight excluding hydrogens is 316 g/mol. The van der Waals surface area contributed by atoms with Crippen molar-refractivity contribution in [3.63, 3.8) is 0 Å². The number of ether oxygens (including phenoxy) is 1. The summed E-state index contributed by atoms with van der Waals surface area (Å²) in [5, 5.41) is 15.8. The van der Waals surface area contributed by atoms with Crippen LogP contribution in [0.1, 0.15) is 52.0 Å². The van der Waals surface area contributed by atoms with E-state index in [0.29, 0.717) is 13.0 Å². The Hall–Kier alpha value is -1.59. The smallest absolute Gasteiger partial charge is 0.315 e. The van der Waals surface area contributed by atoms with E-state index >= 15 is 0 Å². The first-order valence-electron chi connectivity index (χ1n) is 9.02. The molecule has 1 fully saturated rings. The fourth-order valence-corrected chi connectivity index (χ4v) is 3.62. The maximum Gasteiger partial charge on any atom is 0.315 e. The fraction of sp³-hybridized carbons (Fsp3) is 0.650. The molecule has 0 radical (unpaired) electrons. The molecule has 25 heavy (non-hydrogen) atoms. The van der Waals surface area contributed by atoms with E-state index in [-0.39, 0.29) is 29.0 Å². The Morgan fingerprint density at radius 1 is 1.32 bits per heavy atom. The maximum atomic E-state index is 12.3. The van der Waals surface area contributed by atoms with Crippen molar-refractivity contribution in [2.75, 3.05) is 13.7 Å². The average molecular weight is 348 g/mol. The molecule has 0 aromatic heterocycles. The largest absolute Gasteiger partial charge is 0.393 e. The minimum Gasteiger partial charge on any atom is -0.393 e. The van der Waals surface area contributed by atoms with E-state index < -0.39 is 6.10 Å². The number of urea groups is 1. The fourth-order valence-electron chi connectivity index (χ4n) is 3.62. The van der Waals surface area contributed by atoms with Crippen molar-refractivity contribution in [1.82, 2.24) is 10.6 Å². The second-order valence-electron chi connectivity index (χ2n) is 7.96. The van der Waals surface area contributed by atoms with Gasteiger partial charge in [-0.3, -0.25) is 0 Å². The first-order valence-corrected chi connectivity index (χ1v) is 9.02. The minimum atomic E-state index is -0.414. The Morgan fingerprint density at radius 2 is 1.96 bits per heavy atom. The van der Waals surface area contributed by atoms with Crippen LogP contribution in [0.5, 0.6) is 0 Å². The van der Waals surface area contributed by atoms with Crippen molar-refractivity contribution in [3.05, 3.63) is 35.9 Å². The molecule has 1 aromatic carbocycles. The lowest BCUT2D eigenvalue weighted by Gasteiger charge is -2.59. The maximum absolute atomic E-state index is 12.3. The summed E-state index contributed by atoms with van der Waals surface area (Å²) in [6.45, 7) is 8.58. The average Bonchev–Trinajstić information content (AvgIpc) is 2.58. The number of carbonyl (C=O) groups is 1. The molecule has 2 rings (SSSR count). The van der Waals surface area contributed by atoms with Gasteiger partial charge in [-0.05, 0) is 32.3 Å². The van der Waals surface area contributed by atoms with Crippen molar-refractivity contribution in [2.24, 2.45) is 5.41 Å². The number of aliphatic hydroxyl groups is 1. The third-order valence-corrected chi connectivity index (χ3v) is 5.99. The van der Waals surface area contributed by atoms with E-state index in [1.54, 1.807) is 14.0 Å². The normalized spacial score (nSPS) is 27.0. The quantitative estimate of drug-likeness (QED) is 0.709. The molecule has 5 nitrogen and oxygen atoms in total. The molecule has 5 heteroatoms. The molecule has 0 bridgehead atoms. The first-order chi connectivity index (χ1) is 11.7. The lowest BCUT2D eigenvalue weighted by atomic mass is 9.56. The van der Waals surface area contributed by atoms with Crippen LogP contribution in [0.3, 0.4) is 0 Å². The van der Waals surface area contributed by atoms with E-state index in [1.807, 2.05) is 30.3 Å². The van der Waals surface area contributed by atoms with Crippen LogP contribution in [0, 0.1) is 5.41 Å². The number of hydrogen-bond donors (Lipinski definition) is 3. The van der Waals surface area contributed by atoms with E-state index in [0.717, 1.165) is 12.0 Å². The molecule has 140 valence electrons. The number of amides is 2. The summed E-state index contributed by atoms with van der Waals surface area (Å²) >= 11 is 0. The van der Waals surface area contributed by atoms with Gasteiger partial charge in [-0.15, -0.1) is 0 Å². The first kappa shape index (κ1) is 19.7. The number of rotatable bonds is 7. The Kier molecular flexibility index (Phi) is 6.12. The highest BCUT2D eigenvalue weighted by molar-refractivity contribution is 5.74. The number of aliphatic hydroxyl groups excluding tert-OH is 1. The summed E-state index contributed by atoms with van der Waals surface area (Å²) in [5.74, 6) is 0.0885. The summed E-state index contributed by atoms with van der Waals surface area (Å²) in [6.07, 6.45) is 1.00. The monoisotopic (exact) mass is 348 g/mol. The number of benzene rings is 1. The molecule has 0 spiro atoms. The predicted octanol–water partition coefficient (Wildman–Crippen LogP) is 3.04. The summed E-state index contributed by atoms with van der Waals surface area (Å²) < 4.78 is 5.60. The lowest BCUT2D eigenvalue weighted by Crippen LogP contribution is -2.69. The van der Waals surface area contributed by atoms with Crippen molar-refractivity contribution >= 4 is 6.03 Å². The van der Waals surface area contributed by atoms with Gasteiger partial charge in [0.25, 0.3) is 0 Å². The van der Waals surface area contributed by atoms with Crippen LogP contribution in [-0.2, 0) is 4.74 Å². The van der Waals surface area contributed by atoms with Gasteiger partial charge in [-0.2, -0.15) is 0 Å². The van der Waals surface area contributed by atoms with Gasteiger partial charge in [0.15, 0.2) is 0 Å². The zero-order valence-electron chi connectivity index (χ0n) is 16.0. The summed E-state index contributed by atoms with van der Waals surface area (Å²) in [6, 6.07) is 9.92.